The summed E-state index contributed by atoms with van der Waals surface area (Å²) < 4.78 is 5.29. The molecule has 0 amide bonds. The van der Waals surface area contributed by atoms with Crippen LogP contribution in [0.3, 0.4) is 0 Å². The standard InChI is InChI=1S/C18H17ClN2.C9H12O2.C2H4O/c1-12-2-5-14(6-3-12)21-9-8-15-16-10-13(19)4-7-17(16)20-18(15)11-21;10-7-4-8-11-9-5-2-1-3-6-9;1-2-3/h2-7,10,20H,8-9,11H2,1H3;1-3,5-6,10H,4,7-8H2;2H,1H3. The number of aromatic nitrogens is 1. The van der Waals surface area contributed by atoms with Crippen molar-refractivity contribution in [2.45, 2.75) is 33.2 Å². The van der Waals surface area contributed by atoms with Gasteiger partial charge in [0.05, 0.1) is 13.2 Å². The van der Waals surface area contributed by atoms with Gasteiger partial charge in [-0.2, -0.15) is 0 Å². The van der Waals surface area contributed by atoms with Crippen molar-refractivity contribution in [3.63, 3.8) is 0 Å². The molecule has 0 radical (unpaired) electrons. The number of aliphatic hydroxyl groups is 1. The van der Waals surface area contributed by atoms with E-state index in [0.717, 1.165) is 36.6 Å². The Balaban J connectivity index is 0.000000207. The Morgan fingerprint density at radius 3 is 2.49 bits per heavy atom. The second-order valence-electron chi connectivity index (χ2n) is 8.25. The average molecular weight is 493 g/mol. The highest BCUT2D eigenvalue weighted by atomic mass is 35.5. The lowest BCUT2D eigenvalue weighted by atomic mass is 10.0. The molecule has 2 N–H and O–H groups in total. The van der Waals surface area contributed by atoms with Crippen molar-refractivity contribution in [1.29, 1.82) is 0 Å². The van der Waals surface area contributed by atoms with Gasteiger partial charge in [0.1, 0.15) is 12.0 Å². The van der Waals surface area contributed by atoms with Crippen LogP contribution in [-0.2, 0) is 17.8 Å². The van der Waals surface area contributed by atoms with Crippen LogP contribution in [0.2, 0.25) is 5.02 Å². The van der Waals surface area contributed by atoms with Crippen LogP contribution in [0.5, 0.6) is 5.75 Å². The SMILES string of the molecule is CC=O.Cc1ccc(N2CCc3c([nH]c4ccc(Cl)cc34)C2)cc1.OCCCOc1ccccc1. The number of H-pyrrole nitrogens is 1. The van der Waals surface area contributed by atoms with Crippen LogP contribution < -0.4 is 9.64 Å². The molecule has 0 saturated heterocycles. The average Bonchev–Trinajstić information content (AvgIpc) is 3.23. The molecule has 1 aliphatic rings. The minimum absolute atomic E-state index is 0.187. The third kappa shape index (κ3) is 7.61. The molecule has 35 heavy (non-hydrogen) atoms. The van der Waals surface area contributed by atoms with Crippen LogP contribution in [-0.4, -0.2) is 36.1 Å². The smallest absolute Gasteiger partial charge is 0.119 e. The van der Waals surface area contributed by atoms with Gasteiger partial charge >= 0.3 is 0 Å². The van der Waals surface area contributed by atoms with Crippen LogP contribution in [0.25, 0.3) is 10.9 Å². The highest BCUT2D eigenvalue weighted by Gasteiger charge is 2.20. The zero-order valence-corrected chi connectivity index (χ0v) is 21.1. The molecule has 6 heteroatoms. The Hall–Kier alpha value is -3.28. The van der Waals surface area contributed by atoms with Crippen LogP contribution in [0.4, 0.5) is 5.69 Å². The van der Waals surface area contributed by atoms with Gasteiger partial charge in [-0.1, -0.05) is 47.5 Å². The number of aryl methyl sites for hydroxylation is 1. The number of benzene rings is 3. The van der Waals surface area contributed by atoms with Crippen molar-refractivity contribution >= 4 is 34.5 Å². The number of carbonyl (C=O) groups is 1. The summed E-state index contributed by atoms with van der Waals surface area (Å²) in [6, 6.07) is 24.5. The summed E-state index contributed by atoms with van der Waals surface area (Å²) in [6.45, 7) is 6.33. The molecule has 5 nitrogen and oxygen atoms in total. The van der Waals surface area contributed by atoms with Gasteiger partial charge in [-0.25, -0.2) is 0 Å². The monoisotopic (exact) mass is 492 g/mol. The predicted molar refractivity (Wildman–Crippen MR) is 145 cm³/mol. The molecule has 5 rings (SSSR count). The maximum atomic E-state index is 8.81. The zero-order chi connectivity index (χ0) is 25.0. The van der Waals surface area contributed by atoms with Gasteiger partial charge in [0, 0.05) is 46.9 Å². The maximum absolute atomic E-state index is 8.81. The molecule has 3 aromatic carbocycles. The minimum Gasteiger partial charge on any atom is -0.494 e. The number of nitrogens with zero attached hydrogens (tertiary/aromatic N) is 1. The number of halogens is 1. The summed E-state index contributed by atoms with van der Waals surface area (Å²) in [5.41, 5.74) is 6.53. The number of aldehydes is 1. The van der Waals surface area contributed by atoms with E-state index in [4.69, 9.17) is 26.2 Å². The van der Waals surface area contributed by atoms with Crippen molar-refractivity contribution in [2.75, 3.05) is 24.7 Å². The van der Waals surface area contributed by atoms with Gasteiger partial charge < -0.3 is 24.5 Å². The fourth-order valence-electron chi connectivity index (χ4n) is 3.96. The molecule has 0 saturated carbocycles. The molecular formula is C29H33ClN2O3. The Morgan fingerprint density at radius 2 is 1.80 bits per heavy atom. The van der Waals surface area contributed by atoms with Crippen LogP contribution in [0.15, 0.2) is 72.8 Å². The molecule has 0 bridgehead atoms. The first-order chi connectivity index (χ1) is 17.0. The zero-order valence-electron chi connectivity index (χ0n) is 20.3. The summed E-state index contributed by atoms with van der Waals surface area (Å²) in [7, 11) is 0. The quantitative estimate of drug-likeness (QED) is 0.252. The molecule has 0 atom stereocenters. The van der Waals surface area contributed by atoms with Crippen LogP contribution in [0, 0.1) is 6.92 Å². The third-order valence-corrected chi connectivity index (χ3v) is 5.89. The highest BCUT2D eigenvalue weighted by Crippen LogP contribution is 2.31. The second kappa shape index (κ2) is 13.6. The number of para-hydroxylation sites is 1. The maximum Gasteiger partial charge on any atom is 0.119 e. The first-order valence-electron chi connectivity index (χ1n) is 11.8. The van der Waals surface area contributed by atoms with Crippen molar-refractivity contribution in [2.24, 2.45) is 0 Å². The molecule has 0 fully saturated rings. The molecule has 0 spiro atoms. The minimum atomic E-state index is 0.187. The third-order valence-electron chi connectivity index (χ3n) is 5.65. The molecule has 0 aliphatic carbocycles. The Morgan fingerprint density at radius 1 is 1.09 bits per heavy atom. The van der Waals surface area contributed by atoms with Gasteiger partial charge in [0.25, 0.3) is 0 Å². The first kappa shape index (κ1) is 26.3. The highest BCUT2D eigenvalue weighted by molar-refractivity contribution is 6.31. The summed E-state index contributed by atoms with van der Waals surface area (Å²) >= 11 is 6.13. The van der Waals surface area contributed by atoms with Gasteiger partial charge in [-0.15, -0.1) is 0 Å². The molecule has 1 aliphatic heterocycles. The molecule has 4 aromatic rings. The summed E-state index contributed by atoms with van der Waals surface area (Å²) in [5, 5.41) is 10.6. The van der Waals surface area contributed by atoms with Gasteiger partial charge in [0.2, 0.25) is 0 Å². The van der Waals surface area contributed by atoms with E-state index >= 15 is 0 Å². The van der Waals surface area contributed by atoms with Gasteiger partial charge in [-0.3, -0.25) is 0 Å². The number of fused-ring (bicyclic) bond motifs is 3. The number of hydrogen-bond donors (Lipinski definition) is 2. The topological polar surface area (TPSA) is 65.6 Å². The Bertz CT molecular complexity index is 1190. The first-order valence-corrected chi connectivity index (χ1v) is 12.2. The lowest BCUT2D eigenvalue weighted by Gasteiger charge is -2.29. The van der Waals surface area contributed by atoms with E-state index in [9.17, 15) is 0 Å². The molecule has 2 heterocycles. The van der Waals surface area contributed by atoms with Crippen LogP contribution >= 0.6 is 11.6 Å². The van der Waals surface area contributed by atoms with Gasteiger partial charge in [0.15, 0.2) is 0 Å². The van der Waals surface area contributed by atoms with Crippen molar-refractivity contribution in [1.82, 2.24) is 4.98 Å². The van der Waals surface area contributed by atoms with Crippen molar-refractivity contribution in [3.05, 3.63) is 94.6 Å². The molecule has 184 valence electrons. The number of nitrogens with one attached hydrogen (secondary N) is 1. The van der Waals surface area contributed by atoms with Crippen molar-refractivity contribution < 1.29 is 14.6 Å². The van der Waals surface area contributed by atoms with E-state index in [0.29, 0.717) is 13.0 Å². The van der Waals surface area contributed by atoms with Gasteiger partial charge in [-0.05, 0) is 68.3 Å². The van der Waals surface area contributed by atoms with Crippen molar-refractivity contribution in [3.8, 4) is 5.75 Å². The van der Waals surface area contributed by atoms with E-state index in [-0.39, 0.29) is 6.61 Å². The molecular weight excluding hydrogens is 460 g/mol. The Kier molecular flexibility index (Phi) is 10.2. The predicted octanol–water partition coefficient (Wildman–Crippen LogP) is 6.35. The normalized spacial score (nSPS) is 12.1. The number of carbonyl (C=O) groups excluding carboxylic acids is 1. The number of rotatable bonds is 5. The number of ether oxygens (including phenoxy) is 1. The summed E-state index contributed by atoms with van der Waals surface area (Å²) in [5.74, 6) is 0.862. The van der Waals surface area contributed by atoms with E-state index in [2.05, 4.69) is 53.2 Å². The number of anilines is 1. The second-order valence-corrected chi connectivity index (χ2v) is 8.69. The number of hydrogen-bond acceptors (Lipinski definition) is 4. The summed E-state index contributed by atoms with van der Waals surface area (Å²) in [4.78, 5) is 14.8. The molecule has 1 aromatic heterocycles. The number of aliphatic hydroxyl groups excluding tert-OH is 1. The largest absolute Gasteiger partial charge is 0.494 e. The van der Waals surface area contributed by atoms with E-state index < -0.39 is 0 Å². The van der Waals surface area contributed by atoms with E-state index in [1.807, 2.05) is 36.4 Å². The van der Waals surface area contributed by atoms with E-state index in [1.54, 1.807) is 0 Å². The summed E-state index contributed by atoms with van der Waals surface area (Å²) in [6.07, 6.45) is 2.50. The van der Waals surface area contributed by atoms with E-state index in [1.165, 1.54) is 40.3 Å². The lowest BCUT2D eigenvalue weighted by molar-refractivity contribution is -0.106. The lowest BCUT2D eigenvalue weighted by Crippen LogP contribution is -2.30. The van der Waals surface area contributed by atoms with Crippen LogP contribution in [0.1, 0.15) is 30.2 Å². The Labute approximate surface area is 212 Å². The molecule has 0 unspecified atom stereocenters. The fourth-order valence-corrected chi connectivity index (χ4v) is 4.13. The fraction of sp³-hybridized carbons (Fsp3) is 0.276. The number of aromatic amines is 1.